The first kappa shape index (κ1) is 20.5. The molecular weight excluding hydrogens is 371 g/mol. The number of hydrogen-bond donors (Lipinski definition) is 2. The van der Waals surface area contributed by atoms with Gasteiger partial charge in [0.05, 0.1) is 0 Å². The Balaban J connectivity index is 0.000000333. The second-order valence-electron chi connectivity index (χ2n) is 4.35. The molecule has 25 heavy (non-hydrogen) atoms. The molecule has 0 aliphatic rings. The number of rotatable bonds is 3. The number of halogens is 5. The highest BCUT2D eigenvalue weighted by atomic mass is 32.2. The zero-order valence-corrected chi connectivity index (χ0v) is 13.0. The van der Waals surface area contributed by atoms with Crippen molar-refractivity contribution in [3.63, 3.8) is 0 Å². The van der Waals surface area contributed by atoms with Gasteiger partial charge in [0.25, 0.3) is 0 Å². The molecule has 0 radical (unpaired) electrons. The third-order valence-electron chi connectivity index (χ3n) is 2.45. The number of alkyl halides is 3. The molecule has 2 N–H and O–H groups in total. The summed E-state index contributed by atoms with van der Waals surface area (Å²) in [6.45, 7) is 0. The quantitative estimate of drug-likeness (QED) is 0.279. The van der Waals surface area contributed by atoms with Gasteiger partial charge >= 0.3 is 5.51 Å². The van der Waals surface area contributed by atoms with Crippen molar-refractivity contribution in [2.24, 2.45) is 0 Å². The van der Waals surface area contributed by atoms with Crippen molar-refractivity contribution >= 4 is 27.8 Å². The van der Waals surface area contributed by atoms with Crippen LogP contribution in [0.3, 0.4) is 0 Å². The third kappa shape index (κ3) is 7.72. The molecule has 0 aliphatic heterocycles. The highest BCUT2D eigenvalue weighted by Crippen LogP contribution is 2.20. The largest absolute Gasteiger partial charge is 0.741 e. The van der Waals surface area contributed by atoms with Gasteiger partial charge in [-0.2, -0.15) is 13.2 Å². The van der Waals surface area contributed by atoms with E-state index in [9.17, 15) is 22.0 Å². The molecule has 136 valence electrons. The van der Waals surface area contributed by atoms with Crippen molar-refractivity contribution in [2.45, 2.75) is 5.51 Å². The molecule has 2 aromatic carbocycles. The van der Waals surface area contributed by atoms with Crippen LogP contribution in [0.5, 0.6) is 0 Å². The summed E-state index contributed by atoms with van der Waals surface area (Å²) >= 11 is 0. The second kappa shape index (κ2) is 8.53. The van der Waals surface area contributed by atoms with E-state index in [0.717, 1.165) is 11.4 Å². The van der Waals surface area contributed by atoms with E-state index in [1.54, 1.807) is 30.6 Å². The maximum atomic E-state index is 12.6. The minimum atomic E-state index is -6.09. The standard InChI is InChI=1S/C13H10F2N2.CHF3O3S/c14-10-1-5-12(6-2-10)16-9-17-13-7-3-11(15)4-8-13;2-1(3,4)8(5,6)7/h1-9H,(H,16,17);(H,5,6,7). The van der Waals surface area contributed by atoms with Gasteiger partial charge in [-0.15, -0.1) is 0 Å². The van der Waals surface area contributed by atoms with Crippen LogP contribution in [0.1, 0.15) is 0 Å². The summed E-state index contributed by atoms with van der Waals surface area (Å²) in [5.41, 5.74) is -4.12. The van der Waals surface area contributed by atoms with E-state index in [1.807, 2.05) is 0 Å². The van der Waals surface area contributed by atoms with E-state index in [2.05, 4.69) is 10.3 Å². The van der Waals surface area contributed by atoms with Crippen LogP contribution < -0.4 is 10.3 Å². The summed E-state index contributed by atoms with van der Waals surface area (Å²) in [6, 6.07) is 12.0. The third-order valence-corrected chi connectivity index (χ3v) is 3.02. The Morgan fingerprint density at radius 3 is 1.72 bits per heavy atom. The summed E-state index contributed by atoms with van der Waals surface area (Å²) in [4.78, 5) is 2.94. The summed E-state index contributed by atoms with van der Waals surface area (Å²) in [7, 11) is -6.09. The minimum Gasteiger partial charge on any atom is -0.741 e. The normalized spacial score (nSPS) is 11.8. The van der Waals surface area contributed by atoms with Crippen molar-refractivity contribution in [3.8, 4) is 0 Å². The molecule has 0 aliphatic carbocycles. The molecule has 0 unspecified atom stereocenters. The van der Waals surface area contributed by atoms with Gasteiger partial charge in [-0.05, 0) is 48.5 Å². The van der Waals surface area contributed by atoms with Crippen LogP contribution in [-0.2, 0) is 10.1 Å². The van der Waals surface area contributed by atoms with Gasteiger partial charge in [-0.1, -0.05) is 0 Å². The summed E-state index contributed by atoms with van der Waals surface area (Å²) in [6.07, 6.45) is 1.60. The lowest BCUT2D eigenvalue weighted by molar-refractivity contribution is -0.347. The average Bonchev–Trinajstić information content (AvgIpc) is 2.50. The first-order valence-electron chi connectivity index (χ1n) is 6.37. The Labute approximate surface area is 139 Å². The summed E-state index contributed by atoms with van der Waals surface area (Å²) < 4.78 is 84.1. The van der Waals surface area contributed by atoms with Crippen LogP contribution in [-0.4, -0.2) is 24.8 Å². The molecular formula is C14H11F5N2O3S. The van der Waals surface area contributed by atoms with Crippen LogP contribution in [0.2, 0.25) is 0 Å². The van der Waals surface area contributed by atoms with Gasteiger partial charge in [-0.3, -0.25) is 0 Å². The lowest BCUT2D eigenvalue weighted by Gasteiger charge is -2.08. The predicted molar refractivity (Wildman–Crippen MR) is 78.9 cm³/mol. The zero-order chi connectivity index (χ0) is 19.1. The molecule has 0 fully saturated rings. The Hall–Kier alpha value is -2.53. The van der Waals surface area contributed by atoms with Gasteiger partial charge < -0.3 is 4.55 Å². The maximum Gasteiger partial charge on any atom is 0.485 e. The van der Waals surface area contributed by atoms with Gasteiger partial charge in [0.15, 0.2) is 10.1 Å². The lowest BCUT2D eigenvalue weighted by atomic mass is 10.3. The second-order valence-corrected chi connectivity index (χ2v) is 5.72. The van der Waals surface area contributed by atoms with E-state index >= 15 is 0 Å². The first-order chi connectivity index (χ1) is 11.5. The lowest BCUT2D eigenvalue weighted by Crippen LogP contribution is -2.62. The molecule has 0 amide bonds. The number of anilines is 1. The Kier molecular flexibility index (Phi) is 7.00. The SMILES string of the molecule is Fc1ccc(NC=[NH+]c2ccc(F)cc2)cc1.O=S(=O)([O-])C(F)(F)F. The number of benzene rings is 2. The maximum absolute atomic E-state index is 12.6. The van der Waals surface area contributed by atoms with Crippen molar-refractivity contribution < 1.29 is 39.9 Å². The van der Waals surface area contributed by atoms with E-state index in [4.69, 9.17) is 13.0 Å². The monoisotopic (exact) mass is 382 g/mol. The highest BCUT2D eigenvalue weighted by Gasteiger charge is 2.36. The van der Waals surface area contributed by atoms with E-state index in [-0.39, 0.29) is 11.6 Å². The number of nitrogens with one attached hydrogen (secondary N) is 2. The van der Waals surface area contributed by atoms with Crippen LogP contribution in [0.25, 0.3) is 0 Å². The number of hydrogen-bond acceptors (Lipinski definition) is 3. The Morgan fingerprint density at radius 2 is 1.32 bits per heavy atom. The molecule has 0 aromatic heterocycles. The van der Waals surface area contributed by atoms with Crippen LogP contribution in [0, 0.1) is 11.6 Å². The summed E-state index contributed by atoms with van der Waals surface area (Å²) in [5.74, 6) is -0.552. The fourth-order valence-corrected chi connectivity index (χ4v) is 1.29. The molecule has 0 saturated heterocycles. The average molecular weight is 382 g/mol. The van der Waals surface area contributed by atoms with E-state index in [1.165, 1.54) is 24.3 Å². The summed E-state index contributed by atoms with van der Waals surface area (Å²) in [5, 5.41) is 2.94. The van der Waals surface area contributed by atoms with Crippen molar-refractivity contribution in [2.75, 3.05) is 5.32 Å². The Bertz CT molecular complexity index is 804. The van der Waals surface area contributed by atoms with Gasteiger partial charge in [0.2, 0.25) is 6.34 Å². The fraction of sp³-hybridized carbons (Fsp3) is 0.0714. The van der Waals surface area contributed by atoms with Gasteiger partial charge in [0, 0.05) is 0 Å². The van der Waals surface area contributed by atoms with Crippen molar-refractivity contribution in [1.82, 2.24) is 0 Å². The van der Waals surface area contributed by atoms with Gasteiger partial charge in [-0.25, -0.2) is 27.5 Å². The topological polar surface area (TPSA) is 83.2 Å². The van der Waals surface area contributed by atoms with Crippen LogP contribution in [0.4, 0.5) is 33.3 Å². The molecule has 0 heterocycles. The first-order valence-corrected chi connectivity index (χ1v) is 7.78. The molecule has 11 heteroatoms. The molecule has 0 spiro atoms. The van der Waals surface area contributed by atoms with Gasteiger partial charge in [0.1, 0.15) is 23.0 Å². The fourth-order valence-electron chi connectivity index (χ4n) is 1.29. The molecule has 2 rings (SSSR count). The van der Waals surface area contributed by atoms with Crippen LogP contribution >= 0.6 is 0 Å². The molecule has 2 aromatic rings. The molecule has 0 atom stereocenters. The molecule has 5 nitrogen and oxygen atoms in total. The van der Waals surface area contributed by atoms with Crippen molar-refractivity contribution in [1.29, 1.82) is 0 Å². The van der Waals surface area contributed by atoms with E-state index in [0.29, 0.717) is 0 Å². The Morgan fingerprint density at radius 1 is 0.920 bits per heavy atom. The zero-order valence-electron chi connectivity index (χ0n) is 12.2. The predicted octanol–water partition coefficient (Wildman–Crippen LogP) is 1.87. The molecule has 0 saturated carbocycles. The van der Waals surface area contributed by atoms with Crippen molar-refractivity contribution in [3.05, 3.63) is 60.2 Å². The highest BCUT2D eigenvalue weighted by molar-refractivity contribution is 7.86. The smallest absolute Gasteiger partial charge is 0.485 e. The van der Waals surface area contributed by atoms with Crippen LogP contribution in [0.15, 0.2) is 48.5 Å². The van der Waals surface area contributed by atoms with E-state index < -0.39 is 15.6 Å². The minimum absolute atomic E-state index is 0.276. The molecule has 0 bridgehead atoms.